The maximum absolute atomic E-state index is 6.35. The third kappa shape index (κ3) is 2.70. The van der Waals surface area contributed by atoms with Gasteiger partial charge in [0.15, 0.2) is 5.65 Å². The Kier molecular flexibility index (Phi) is 4.00. The molecular weight excluding hydrogens is 302 g/mol. The molecule has 0 saturated carbocycles. The number of aryl methyl sites for hydroxylation is 1. The Balaban J connectivity index is 2.10. The monoisotopic (exact) mass is 319 g/mol. The van der Waals surface area contributed by atoms with E-state index in [0.29, 0.717) is 0 Å². The van der Waals surface area contributed by atoms with Crippen molar-refractivity contribution in [3.05, 3.63) is 46.0 Å². The van der Waals surface area contributed by atoms with Gasteiger partial charge in [0.05, 0.1) is 5.38 Å². The number of hydrogen-bond acceptors (Lipinski definition) is 3. The van der Waals surface area contributed by atoms with Crippen LogP contribution >= 0.6 is 22.9 Å². The molecule has 0 saturated heterocycles. The Morgan fingerprint density at radius 1 is 1.33 bits per heavy atom. The van der Waals surface area contributed by atoms with Crippen LogP contribution < -0.4 is 0 Å². The van der Waals surface area contributed by atoms with E-state index >= 15 is 0 Å². The highest BCUT2D eigenvalue weighted by Gasteiger charge is 2.21. The minimum atomic E-state index is -0.135. The van der Waals surface area contributed by atoms with Crippen molar-refractivity contribution in [3.63, 3.8) is 0 Å². The first-order chi connectivity index (χ1) is 10.1. The van der Waals surface area contributed by atoms with E-state index in [2.05, 4.69) is 40.9 Å². The van der Waals surface area contributed by atoms with Crippen LogP contribution in [0.2, 0.25) is 0 Å². The maximum Gasteiger partial charge on any atom is 0.160 e. The number of halogens is 1. The number of imidazole rings is 1. The van der Waals surface area contributed by atoms with Crippen LogP contribution in [-0.2, 0) is 6.42 Å². The second-order valence-corrected chi connectivity index (χ2v) is 7.08. The summed E-state index contributed by atoms with van der Waals surface area (Å²) in [5.41, 5.74) is 3.03. The number of pyridine rings is 1. The van der Waals surface area contributed by atoms with Crippen LogP contribution in [0.3, 0.4) is 0 Å². The summed E-state index contributed by atoms with van der Waals surface area (Å²) in [6.45, 7) is 6.23. The minimum absolute atomic E-state index is 0.135. The van der Waals surface area contributed by atoms with Gasteiger partial charge >= 0.3 is 0 Å². The third-order valence-corrected chi connectivity index (χ3v) is 4.78. The van der Waals surface area contributed by atoms with Crippen molar-refractivity contribution in [3.8, 4) is 0 Å². The van der Waals surface area contributed by atoms with Crippen molar-refractivity contribution >= 4 is 34.1 Å². The molecule has 0 aliphatic heterocycles. The molecule has 3 rings (SSSR count). The molecule has 0 radical (unpaired) electrons. The molecule has 0 spiro atoms. The molecule has 110 valence electrons. The summed E-state index contributed by atoms with van der Waals surface area (Å²) in [4.78, 5) is 10.6. The van der Waals surface area contributed by atoms with E-state index in [9.17, 15) is 0 Å². The molecule has 3 aromatic rings. The Hall–Kier alpha value is -1.39. The molecule has 2 atom stereocenters. The van der Waals surface area contributed by atoms with E-state index < -0.39 is 0 Å². The molecule has 0 amide bonds. The van der Waals surface area contributed by atoms with Crippen LogP contribution in [0.15, 0.2) is 29.8 Å². The van der Waals surface area contributed by atoms with Crippen molar-refractivity contribution in [1.82, 2.24) is 14.5 Å². The van der Waals surface area contributed by atoms with E-state index in [1.165, 1.54) is 4.88 Å². The fourth-order valence-electron chi connectivity index (χ4n) is 2.65. The van der Waals surface area contributed by atoms with E-state index in [4.69, 9.17) is 16.6 Å². The first kappa shape index (κ1) is 14.5. The molecule has 0 N–H and O–H groups in total. The maximum atomic E-state index is 6.35. The Morgan fingerprint density at radius 2 is 2.14 bits per heavy atom. The van der Waals surface area contributed by atoms with Crippen LogP contribution in [-0.4, -0.2) is 14.5 Å². The quantitative estimate of drug-likeness (QED) is 0.640. The molecule has 3 nitrogen and oxygen atoms in total. The molecule has 3 aromatic heterocycles. The number of fused-ring (bicyclic) bond motifs is 1. The van der Waals surface area contributed by atoms with Crippen LogP contribution in [0.5, 0.6) is 0 Å². The summed E-state index contributed by atoms with van der Waals surface area (Å²) < 4.78 is 2.19. The zero-order valence-electron chi connectivity index (χ0n) is 12.4. The number of rotatable bonds is 4. The van der Waals surface area contributed by atoms with Gasteiger partial charge in [0.2, 0.25) is 0 Å². The second-order valence-electron chi connectivity index (χ2n) is 5.39. The largest absolute Gasteiger partial charge is 0.308 e. The van der Waals surface area contributed by atoms with Gasteiger partial charge in [-0.25, -0.2) is 9.97 Å². The SMILES string of the molecule is Cc1ccnc2c1nc(C(C)Cl)n2C(C)Cc1cccs1. The predicted molar refractivity (Wildman–Crippen MR) is 89.3 cm³/mol. The van der Waals surface area contributed by atoms with Crippen molar-refractivity contribution in [2.75, 3.05) is 0 Å². The highest BCUT2D eigenvalue weighted by Crippen LogP contribution is 2.30. The molecule has 0 fully saturated rings. The van der Waals surface area contributed by atoms with Gasteiger partial charge in [-0.3, -0.25) is 0 Å². The Morgan fingerprint density at radius 3 is 2.81 bits per heavy atom. The van der Waals surface area contributed by atoms with E-state index in [0.717, 1.165) is 29.0 Å². The van der Waals surface area contributed by atoms with Crippen LogP contribution in [0.25, 0.3) is 11.2 Å². The van der Waals surface area contributed by atoms with E-state index in [1.54, 1.807) is 11.3 Å². The normalized spacial score (nSPS) is 14.5. The highest BCUT2D eigenvalue weighted by molar-refractivity contribution is 7.09. The van der Waals surface area contributed by atoms with Crippen LogP contribution in [0.4, 0.5) is 0 Å². The van der Waals surface area contributed by atoms with E-state index in [1.807, 2.05) is 19.2 Å². The Bertz CT molecular complexity index is 746. The summed E-state index contributed by atoms with van der Waals surface area (Å²) in [5.74, 6) is 0.900. The second kappa shape index (κ2) is 5.78. The highest BCUT2D eigenvalue weighted by atomic mass is 35.5. The fraction of sp³-hybridized carbons (Fsp3) is 0.375. The zero-order chi connectivity index (χ0) is 15.0. The summed E-state index contributed by atoms with van der Waals surface area (Å²) in [5, 5.41) is 1.98. The average molecular weight is 320 g/mol. The molecule has 0 aromatic carbocycles. The summed E-state index contributed by atoms with van der Waals surface area (Å²) >= 11 is 8.13. The third-order valence-electron chi connectivity index (χ3n) is 3.68. The fourth-order valence-corrected chi connectivity index (χ4v) is 3.63. The number of nitrogens with zero attached hydrogens (tertiary/aromatic N) is 3. The van der Waals surface area contributed by atoms with Crippen molar-refractivity contribution in [2.24, 2.45) is 0 Å². The number of alkyl halides is 1. The molecular formula is C16H18ClN3S. The lowest BCUT2D eigenvalue weighted by Gasteiger charge is -2.17. The number of thiophene rings is 1. The lowest BCUT2D eigenvalue weighted by Crippen LogP contribution is -2.12. The zero-order valence-corrected chi connectivity index (χ0v) is 13.9. The van der Waals surface area contributed by atoms with Gasteiger partial charge in [-0.1, -0.05) is 6.07 Å². The molecule has 0 aliphatic carbocycles. The molecule has 0 bridgehead atoms. The van der Waals surface area contributed by atoms with Gasteiger partial charge in [-0.15, -0.1) is 22.9 Å². The first-order valence-corrected chi connectivity index (χ1v) is 8.39. The van der Waals surface area contributed by atoms with Crippen molar-refractivity contribution in [1.29, 1.82) is 0 Å². The summed E-state index contributed by atoms with van der Waals surface area (Å²) in [6.07, 6.45) is 2.81. The molecule has 21 heavy (non-hydrogen) atoms. The van der Waals surface area contributed by atoms with Crippen LogP contribution in [0, 0.1) is 6.92 Å². The molecule has 2 unspecified atom stereocenters. The van der Waals surface area contributed by atoms with Crippen molar-refractivity contribution in [2.45, 2.75) is 38.6 Å². The molecule has 3 heterocycles. The van der Waals surface area contributed by atoms with Crippen LogP contribution in [0.1, 0.15) is 41.5 Å². The Labute approximate surface area is 133 Å². The first-order valence-electron chi connectivity index (χ1n) is 7.08. The predicted octanol–water partition coefficient (Wildman–Crippen LogP) is 4.90. The van der Waals surface area contributed by atoms with Gasteiger partial charge in [0.25, 0.3) is 0 Å². The topological polar surface area (TPSA) is 30.7 Å². The smallest absolute Gasteiger partial charge is 0.160 e. The number of hydrogen-bond donors (Lipinski definition) is 0. The van der Waals surface area contributed by atoms with Gasteiger partial charge < -0.3 is 4.57 Å². The number of aromatic nitrogens is 3. The lowest BCUT2D eigenvalue weighted by atomic mass is 10.2. The minimum Gasteiger partial charge on any atom is -0.308 e. The van der Waals surface area contributed by atoms with Gasteiger partial charge in [-0.05, 0) is 43.8 Å². The van der Waals surface area contributed by atoms with Gasteiger partial charge in [0, 0.05) is 23.5 Å². The molecule has 0 aliphatic rings. The lowest BCUT2D eigenvalue weighted by molar-refractivity contribution is 0.535. The average Bonchev–Trinajstić information content (AvgIpc) is 3.05. The van der Waals surface area contributed by atoms with Crippen molar-refractivity contribution < 1.29 is 0 Å². The summed E-state index contributed by atoms with van der Waals surface area (Å²) in [7, 11) is 0. The molecule has 5 heteroatoms. The van der Waals surface area contributed by atoms with Gasteiger partial charge in [0.1, 0.15) is 11.3 Å². The van der Waals surface area contributed by atoms with E-state index in [-0.39, 0.29) is 11.4 Å². The summed E-state index contributed by atoms with van der Waals surface area (Å²) in [6, 6.07) is 6.53. The standard InChI is InChI=1S/C16H18ClN3S/c1-10-6-7-18-16-14(10)19-15(12(3)17)20(16)11(2)9-13-5-4-8-21-13/h4-8,11-12H,9H2,1-3H3. The van der Waals surface area contributed by atoms with Gasteiger partial charge in [-0.2, -0.15) is 0 Å².